The Morgan fingerprint density at radius 2 is 1.15 bits per heavy atom. The SMILES string of the molecule is CCCOC(=O)c1c(CCc2ccc3c(c2)OCO3)c(OC)c(OC)c(OC)c1CCc1ccc2c(c1)OCO2. The van der Waals surface area contributed by atoms with E-state index in [-0.39, 0.29) is 13.6 Å². The predicted octanol–water partition coefficient (Wildman–Crippen LogP) is 5.31. The van der Waals surface area contributed by atoms with Crippen molar-refractivity contribution in [1.82, 2.24) is 0 Å². The van der Waals surface area contributed by atoms with Crippen LogP contribution < -0.4 is 33.2 Å². The van der Waals surface area contributed by atoms with E-state index in [9.17, 15) is 4.79 Å². The number of ether oxygens (including phenoxy) is 8. The van der Waals surface area contributed by atoms with Gasteiger partial charge in [-0.15, -0.1) is 0 Å². The van der Waals surface area contributed by atoms with Crippen molar-refractivity contribution in [3.8, 4) is 40.2 Å². The fourth-order valence-corrected chi connectivity index (χ4v) is 5.13. The second kappa shape index (κ2) is 12.3. The van der Waals surface area contributed by atoms with E-state index in [0.717, 1.165) is 22.6 Å². The maximum atomic E-state index is 13.7. The molecule has 0 spiro atoms. The molecule has 212 valence electrons. The average molecular weight is 551 g/mol. The van der Waals surface area contributed by atoms with E-state index in [4.69, 9.17) is 37.9 Å². The van der Waals surface area contributed by atoms with Gasteiger partial charge in [0, 0.05) is 11.1 Å². The molecule has 9 nitrogen and oxygen atoms in total. The van der Waals surface area contributed by atoms with Gasteiger partial charge in [-0.2, -0.15) is 0 Å². The molecule has 0 saturated heterocycles. The summed E-state index contributed by atoms with van der Waals surface area (Å²) in [5.74, 6) is 3.81. The van der Waals surface area contributed by atoms with Crippen molar-refractivity contribution in [2.75, 3.05) is 41.5 Å². The second-order valence-electron chi connectivity index (χ2n) is 9.44. The van der Waals surface area contributed by atoms with Crippen molar-refractivity contribution in [2.45, 2.75) is 39.0 Å². The van der Waals surface area contributed by atoms with Crippen molar-refractivity contribution >= 4 is 5.97 Å². The molecule has 2 aliphatic heterocycles. The van der Waals surface area contributed by atoms with Gasteiger partial charge in [-0.05, 0) is 67.5 Å². The first-order valence-corrected chi connectivity index (χ1v) is 13.4. The predicted molar refractivity (Wildman–Crippen MR) is 147 cm³/mol. The summed E-state index contributed by atoms with van der Waals surface area (Å²) in [7, 11) is 4.70. The standard InChI is InChI=1S/C31H34O9/c1-5-14-36-31(32)27-21(10-6-19-8-12-23-25(15-19)39-17-37-23)28(33-2)30(35-4)29(34-3)22(27)11-7-20-9-13-24-26(16-20)40-18-38-24/h8-9,12-13,15-16H,5-7,10-11,14,17-18H2,1-4H3. The molecule has 2 aliphatic rings. The van der Waals surface area contributed by atoms with Gasteiger partial charge in [-0.1, -0.05) is 19.1 Å². The van der Waals surface area contributed by atoms with E-state index in [1.165, 1.54) is 0 Å². The summed E-state index contributed by atoms with van der Waals surface area (Å²) >= 11 is 0. The highest BCUT2D eigenvalue weighted by Gasteiger charge is 2.31. The summed E-state index contributed by atoms with van der Waals surface area (Å²) < 4.78 is 45.2. The third kappa shape index (κ3) is 5.41. The van der Waals surface area contributed by atoms with Crippen molar-refractivity contribution in [1.29, 1.82) is 0 Å². The fraction of sp³-hybridized carbons (Fsp3) is 0.387. The molecule has 0 N–H and O–H groups in total. The number of rotatable bonds is 12. The van der Waals surface area contributed by atoms with Gasteiger partial charge in [0.2, 0.25) is 19.3 Å². The van der Waals surface area contributed by atoms with Gasteiger partial charge in [-0.3, -0.25) is 0 Å². The monoisotopic (exact) mass is 550 g/mol. The highest BCUT2D eigenvalue weighted by Crippen LogP contribution is 2.47. The molecule has 0 fully saturated rings. The van der Waals surface area contributed by atoms with Crippen molar-refractivity contribution in [3.63, 3.8) is 0 Å². The molecule has 0 amide bonds. The van der Waals surface area contributed by atoms with Gasteiger partial charge < -0.3 is 37.9 Å². The number of carbonyl (C=O) groups excluding carboxylic acids is 1. The van der Waals surface area contributed by atoms with Crippen LogP contribution in [-0.4, -0.2) is 47.5 Å². The van der Waals surface area contributed by atoms with Gasteiger partial charge in [0.15, 0.2) is 34.5 Å². The van der Waals surface area contributed by atoms with Crippen LogP contribution in [0.25, 0.3) is 0 Å². The Hall–Kier alpha value is -4.27. The van der Waals surface area contributed by atoms with Crippen LogP contribution >= 0.6 is 0 Å². The number of aryl methyl sites for hydroxylation is 2. The molecule has 0 saturated carbocycles. The summed E-state index contributed by atoms with van der Waals surface area (Å²) in [5.41, 5.74) is 3.94. The molecule has 2 heterocycles. The number of hydrogen-bond donors (Lipinski definition) is 0. The molecule has 0 atom stereocenters. The number of hydrogen-bond acceptors (Lipinski definition) is 9. The maximum absolute atomic E-state index is 13.7. The molecular weight excluding hydrogens is 516 g/mol. The van der Waals surface area contributed by atoms with Gasteiger partial charge >= 0.3 is 5.97 Å². The van der Waals surface area contributed by atoms with Gasteiger partial charge in [0.1, 0.15) is 0 Å². The van der Waals surface area contributed by atoms with E-state index in [0.29, 0.717) is 84.1 Å². The van der Waals surface area contributed by atoms with E-state index >= 15 is 0 Å². The smallest absolute Gasteiger partial charge is 0.338 e. The van der Waals surface area contributed by atoms with Crippen LogP contribution in [0.15, 0.2) is 36.4 Å². The Labute approximate surface area is 233 Å². The topological polar surface area (TPSA) is 90.9 Å². The summed E-state index contributed by atoms with van der Waals surface area (Å²) in [6, 6.07) is 11.7. The molecule has 0 radical (unpaired) electrons. The van der Waals surface area contributed by atoms with Crippen LogP contribution in [0, 0.1) is 0 Å². The van der Waals surface area contributed by atoms with Crippen LogP contribution in [0.1, 0.15) is 46.0 Å². The molecule has 0 unspecified atom stereocenters. The van der Waals surface area contributed by atoms with Gasteiger partial charge in [0.25, 0.3) is 0 Å². The maximum Gasteiger partial charge on any atom is 0.338 e. The minimum atomic E-state index is -0.414. The zero-order valence-electron chi connectivity index (χ0n) is 23.3. The normalized spacial score (nSPS) is 12.8. The molecule has 0 aromatic heterocycles. The first kappa shape index (κ1) is 27.3. The van der Waals surface area contributed by atoms with Crippen molar-refractivity contribution in [2.24, 2.45) is 0 Å². The van der Waals surface area contributed by atoms with Crippen molar-refractivity contribution in [3.05, 3.63) is 64.2 Å². The summed E-state index contributed by atoms with van der Waals surface area (Å²) in [6.07, 6.45) is 2.94. The Morgan fingerprint density at radius 1 is 0.675 bits per heavy atom. The van der Waals surface area contributed by atoms with Crippen molar-refractivity contribution < 1.29 is 42.7 Å². The van der Waals surface area contributed by atoms with Gasteiger partial charge in [0.05, 0.1) is 33.5 Å². The Morgan fingerprint density at radius 3 is 1.60 bits per heavy atom. The minimum absolute atomic E-state index is 0.211. The van der Waals surface area contributed by atoms with Gasteiger partial charge in [-0.25, -0.2) is 4.79 Å². The third-order valence-electron chi connectivity index (χ3n) is 7.02. The third-order valence-corrected chi connectivity index (χ3v) is 7.02. The Kier molecular flexibility index (Phi) is 8.38. The Bertz CT molecular complexity index is 1290. The number of carbonyl (C=O) groups is 1. The van der Waals surface area contributed by atoms with E-state index in [1.807, 2.05) is 43.3 Å². The summed E-state index contributed by atoms with van der Waals surface area (Å²) in [5, 5.41) is 0. The lowest BCUT2D eigenvalue weighted by molar-refractivity contribution is 0.0501. The molecule has 5 rings (SSSR count). The summed E-state index contributed by atoms with van der Waals surface area (Å²) in [4.78, 5) is 13.7. The van der Waals surface area contributed by atoms with Crippen LogP contribution in [0.5, 0.6) is 40.2 Å². The molecule has 3 aromatic carbocycles. The van der Waals surface area contributed by atoms with E-state index in [1.54, 1.807) is 21.3 Å². The molecule has 0 bridgehead atoms. The van der Waals surface area contributed by atoms with Crippen LogP contribution in [-0.2, 0) is 30.4 Å². The van der Waals surface area contributed by atoms with Crippen LogP contribution in [0.2, 0.25) is 0 Å². The Balaban J connectivity index is 1.55. The first-order chi connectivity index (χ1) is 19.6. The molecular formula is C31H34O9. The summed E-state index contributed by atoms with van der Waals surface area (Å²) in [6.45, 7) is 2.69. The molecule has 3 aromatic rings. The van der Waals surface area contributed by atoms with Crippen LogP contribution in [0.4, 0.5) is 0 Å². The number of esters is 1. The lowest BCUT2D eigenvalue weighted by Gasteiger charge is -2.23. The van der Waals surface area contributed by atoms with E-state index < -0.39 is 5.97 Å². The highest BCUT2D eigenvalue weighted by molar-refractivity contribution is 5.96. The first-order valence-electron chi connectivity index (χ1n) is 13.4. The van der Waals surface area contributed by atoms with E-state index in [2.05, 4.69) is 0 Å². The fourth-order valence-electron chi connectivity index (χ4n) is 5.13. The number of methoxy groups -OCH3 is 3. The number of fused-ring (bicyclic) bond motifs is 2. The minimum Gasteiger partial charge on any atom is -0.492 e. The molecule has 0 aliphatic carbocycles. The average Bonchev–Trinajstić information content (AvgIpc) is 3.65. The number of benzene rings is 3. The highest BCUT2D eigenvalue weighted by atomic mass is 16.7. The largest absolute Gasteiger partial charge is 0.492 e. The molecule has 40 heavy (non-hydrogen) atoms. The molecule has 9 heteroatoms. The second-order valence-corrected chi connectivity index (χ2v) is 9.44. The quantitative estimate of drug-likeness (QED) is 0.278. The van der Waals surface area contributed by atoms with Crippen LogP contribution in [0.3, 0.4) is 0 Å². The zero-order chi connectivity index (χ0) is 28.1. The zero-order valence-corrected chi connectivity index (χ0v) is 23.3. The lowest BCUT2D eigenvalue weighted by atomic mass is 9.90. The lowest BCUT2D eigenvalue weighted by Crippen LogP contribution is -2.17.